The Morgan fingerprint density at radius 1 is 1.28 bits per heavy atom. The quantitative estimate of drug-likeness (QED) is 0.789. The first-order valence-electron chi connectivity index (χ1n) is 6.78. The van der Waals surface area contributed by atoms with E-state index in [9.17, 15) is 14.7 Å². The Kier molecular flexibility index (Phi) is 3.50. The first kappa shape index (κ1) is 13.2. The summed E-state index contributed by atoms with van der Waals surface area (Å²) >= 11 is 0. The zero-order chi connectivity index (χ0) is 13.3. The molecule has 2 unspecified atom stereocenters. The van der Waals surface area contributed by atoms with E-state index in [-0.39, 0.29) is 12.1 Å². The van der Waals surface area contributed by atoms with Gasteiger partial charge in [0.2, 0.25) is 0 Å². The molecule has 1 saturated carbocycles. The van der Waals surface area contributed by atoms with Crippen molar-refractivity contribution in [2.75, 3.05) is 6.54 Å². The number of rotatable bonds is 2. The zero-order valence-corrected chi connectivity index (χ0v) is 11.1. The lowest BCUT2D eigenvalue weighted by Crippen LogP contribution is -2.63. The minimum Gasteiger partial charge on any atom is -0.480 e. The number of piperidine rings is 1. The predicted molar refractivity (Wildman–Crippen MR) is 67.3 cm³/mol. The molecule has 5 heteroatoms. The summed E-state index contributed by atoms with van der Waals surface area (Å²) in [5.74, 6) is -0.425. The van der Waals surface area contributed by atoms with Gasteiger partial charge in [0.15, 0.2) is 0 Å². The number of carbonyl (C=O) groups is 2. The summed E-state index contributed by atoms with van der Waals surface area (Å²) in [6, 6.07) is -0.0270. The van der Waals surface area contributed by atoms with Crippen LogP contribution >= 0.6 is 0 Å². The van der Waals surface area contributed by atoms with Crippen molar-refractivity contribution in [2.24, 2.45) is 5.92 Å². The van der Waals surface area contributed by atoms with Crippen LogP contribution in [0.25, 0.3) is 0 Å². The second-order valence-corrected chi connectivity index (χ2v) is 5.72. The van der Waals surface area contributed by atoms with Crippen LogP contribution in [0.4, 0.5) is 4.79 Å². The highest BCUT2D eigenvalue weighted by Crippen LogP contribution is 2.33. The van der Waals surface area contributed by atoms with Crippen LogP contribution in [0.2, 0.25) is 0 Å². The molecule has 0 aromatic rings. The lowest BCUT2D eigenvalue weighted by Gasteiger charge is -2.43. The second-order valence-electron chi connectivity index (χ2n) is 5.72. The molecule has 0 spiro atoms. The minimum absolute atomic E-state index is 0.185. The molecule has 5 nitrogen and oxygen atoms in total. The van der Waals surface area contributed by atoms with E-state index in [0.717, 1.165) is 25.8 Å². The highest BCUT2D eigenvalue weighted by atomic mass is 16.4. The van der Waals surface area contributed by atoms with Gasteiger partial charge in [-0.15, -0.1) is 0 Å². The summed E-state index contributed by atoms with van der Waals surface area (Å²) in [7, 11) is 0. The van der Waals surface area contributed by atoms with Crippen LogP contribution in [0.5, 0.6) is 0 Å². The third-order valence-electron chi connectivity index (χ3n) is 4.60. The molecule has 1 aliphatic heterocycles. The van der Waals surface area contributed by atoms with E-state index in [0.29, 0.717) is 18.8 Å². The molecule has 2 amide bonds. The van der Waals surface area contributed by atoms with Crippen molar-refractivity contribution in [3.8, 4) is 0 Å². The molecule has 2 atom stereocenters. The molecule has 2 rings (SSSR count). The average Bonchev–Trinajstić information content (AvgIpc) is 2.26. The number of amides is 2. The Labute approximate surface area is 108 Å². The summed E-state index contributed by atoms with van der Waals surface area (Å²) in [4.78, 5) is 25.2. The molecule has 102 valence electrons. The number of urea groups is 1. The fourth-order valence-corrected chi connectivity index (χ4v) is 2.82. The van der Waals surface area contributed by atoms with Crippen LogP contribution in [0.15, 0.2) is 0 Å². The largest absolute Gasteiger partial charge is 0.480 e. The highest BCUT2D eigenvalue weighted by Gasteiger charge is 2.47. The van der Waals surface area contributed by atoms with Gasteiger partial charge in [0.05, 0.1) is 0 Å². The Bertz CT molecular complexity index is 352. The molecule has 2 N–H and O–H groups in total. The van der Waals surface area contributed by atoms with Crippen LogP contribution in [0, 0.1) is 5.92 Å². The van der Waals surface area contributed by atoms with E-state index in [4.69, 9.17) is 0 Å². The molecule has 0 aromatic carbocycles. The molecule has 2 fully saturated rings. The van der Waals surface area contributed by atoms with Crippen LogP contribution < -0.4 is 5.32 Å². The molecule has 1 saturated heterocycles. The SMILES string of the molecule is CC1CCCN(C(=O)NC2(C(=O)O)CCC2)C1C. The standard InChI is InChI=1S/C13H22N2O3/c1-9-5-3-8-15(10(9)2)12(18)14-13(11(16)17)6-4-7-13/h9-10H,3-8H2,1-2H3,(H,14,18)(H,16,17). The van der Waals surface area contributed by atoms with Gasteiger partial charge in [-0.05, 0) is 44.9 Å². The Morgan fingerprint density at radius 2 is 1.94 bits per heavy atom. The molecular weight excluding hydrogens is 232 g/mol. The molecular formula is C13H22N2O3. The Morgan fingerprint density at radius 3 is 2.44 bits per heavy atom. The zero-order valence-electron chi connectivity index (χ0n) is 11.1. The van der Waals surface area contributed by atoms with E-state index in [1.54, 1.807) is 4.90 Å². The first-order chi connectivity index (χ1) is 8.46. The van der Waals surface area contributed by atoms with Gasteiger partial charge in [0.25, 0.3) is 0 Å². The summed E-state index contributed by atoms with van der Waals surface area (Å²) in [5.41, 5.74) is -1.00. The third-order valence-corrected chi connectivity index (χ3v) is 4.60. The topological polar surface area (TPSA) is 69.6 Å². The lowest BCUT2D eigenvalue weighted by molar-refractivity contribution is -0.148. The van der Waals surface area contributed by atoms with Crippen molar-refractivity contribution in [1.82, 2.24) is 10.2 Å². The maximum atomic E-state index is 12.2. The normalized spacial score (nSPS) is 30.4. The predicted octanol–water partition coefficient (Wildman–Crippen LogP) is 1.82. The van der Waals surface area contributed by atoms with Gasteiger partial charge in [0.1, 0.15) is 5.54 Å². The molecule has 0 bridgehead atoms. The van der Waals surface area contributed by atoms with Crippen molar-refractivity contribution in [1.29, 1.82) is 0 Å². The number of carbonyl (C=O) groups excluding carboxylic acids is 1. The molecule has 18 heavy (non-hydrogen) atoms. The van der Waals surface area contributed by atoms with E-state index in [1.807, 2.05) is 6.92 Å². The maximum Gasteiger partial charge on any atom is 0.329 e. The van der Waals surface area contributed by atoms with Gasteiger partial charge in [-0.25, -0.2) is 9.59 Å². The number of hydrogen-bond donors (Lipinski definition) is 2. The maximum absolute atomic E-state index is 12.2. The van der Waals surface area contributed by atoms with Gasteiger partial charge < -0.3 is 15.3 Å². The van der Waals surface area contributed by atoms with Crippen molar-refractivity contribution < 1.29 is 14.7 Å². The number of aliphatic carboxylic acids is 1. The first-order valence-corrected chi connectivity index (χ1v) is 6.78. The monoisotopic (exact) mass is 254 g/mol. The average molecular weight is 254 g/mol. The Balaban J connectivity index is 2.01. The molecule has 0 aromatic heterocycles. The number of carboxylic acids is 1. The number of hydrogen-bond acceptors (Lipinski definition) is 2. The van der Waals surface area contributed by atoms with E-state index >= 15 is 0 Å². The summed E-state index contributed by atoms with van der Waals surface area (Å²) in [5, 5.41) is 12.0. The molecule has 2 aliphatic rings. The highest BCUT2D eigenvalue weighted by molar-refractivity contribution is 5.87. The number of carboxylic acid groups (broad SMARTS) is 1. The summed E-state index contributed by atoms with van der Waals surface area (Å²) in [6.45, 7) is 4.91. The minimum atomic E-state index is -1.00. The molecule has 0 radical (unpaired) electrons. The van der Waals surface area contributed by atoms with Crippen LogP contribution in [-0.4, -0.2) is 40.1 Å². The fourth-order valence-electron chi connectivity index (χ4n) is 2.82. The van der Waals surface area contributed by atoms with Crippen LogP contribution in [0.1, 0.15) is 46.0 Å². The summed E-state index contributed by atoms with van der Waals surface area (Å²) in [6.07, 6.45) is 4.10. The van der Waals surface area contributed by atoms with Gasteiger partial charge >= 0.3 is 12.0 Å². The van der Waals surface area contributed by atoms with Crippen molar-refractivity contribution in [3.05, 3.63) is 0 Å². The van der Waals surface area contributed by atoms with Gasteiger partial charge in [-0.1, -0.05) is 6.92 Å². The van der Waals surface area contributed by atoms with E-state index < -0.39 is 11.5 Å². The van der Waals surface area contributed by atoms with Gasteiger partial charge in [0, 0.05) is 12.6 Å². The lowest BCUT2D eigenvalue weighted by atomic mass is 9.77. The number of nitrogens with zero attached hydrogens (tertiary/aromatic N) is 1. The summed E-state index contributed by atoms with van der Waals surface area (Å²) < 4.78 is 0. The molecule has 1 heterocycles. The number of nitrogens with one attached hydrogen (secondary N) is 1. The van der Waals surface area contributed by atoms with Crippen molar-refractivity contribution >= 4 is 12.0 Å². The van der Waals surface area contributed by atoms with Crippen LogP contribution in [-0.2, 0) is 4.79 Å². The van der Waals surface area contributed by atoms with Gasteiger partial charge in [-0.3, -0.25) is 0 Å². The van der Waals surface area contributed by atoms with E-state index in [1.165, 1.54) is 0 Å². The second kappa shape index (κ2) is 4.78. The number of likely N-dealkylation sites (tertiary alicyclic amines) is 1. The van der Waals surface area contributed by atoms with E-state index in [2.05, 4.69) is 12.2 Å². The third kappa shape index (κ3) is 2.18. The van der Waals surface area contributed by atoms with Gasteiger partial charge in [-0.2, -0.15) is 0 Å². The van der Waals surface area contributed by atoms with Crippen LogP contribution in [0.3, 0.4) is 0 Å². The van der Waals surface area contributed by atoms with Crippen molar-refractivity contribution in [2.45, 2.75) is 57.5 Å². The molecule has 1 aliphatic carbocycles. The smallest absolute Gasteiger partial charge is 0.329 e. The Hall–Kier alpha value is -1.26. The fraction of sp³-hybridized carbons (Fsp3) is 0.846. The van der Waals surface area contributed by atoms with Crippen molar-refractivity contribution in [3.63, 3.8) is 0 Å².